The lowest BCUT2D eigenvalue weighted by Crippen LogP contribution is -2.64. The normalized spacial score (nSPS) is 31.5. The van der Waals surface area contributed by atoms with Gasteiger partial charge in [-0.2, -0.15) is 0 Å². The molecular weight excluding hydrogens is 676 g/mol. The zero-order valence-electron chi connectivity index (χ0n) is 30.9. The third kappa shape index (κ3) is 11.9. The van der Waals surface area contributed by atoms with Gasteiger partial charge in [-0.15, -0.1) is 0 Å². The molecule has 0 radical (unpaired) electrons. The van der Waals surface area contributed by atoms with Crippen molar-refractivity contribution < 1.29 is 56.8 Å². The zero-order chi connectivity index (χ0) is 36.4. The number of benzene rings is 2. The van der Waals surface area contributed by atoms with Gasteiger partial charge in [0.05, 0.1) is 37.6 Å². The summed E-state index contributed by atoms with van der Waals surface area (Å²) in [4.78, 5) is 0. The molecular formula is C38H58N2O12. The van der Waals surface area contributed by atoms with Crippen LogP contribution in [0.4, 0.5) is 0 Å². The van der Waals surface area contributed by atoms with Crippen molar-refractivity contribution in [2.75, 3.05) is 81.8 Å². The monoisotopic (exact) mass is 734 g/mol. The molecule has 0 unspecified atom stereocenters. The maximum absolute atomic E-state index is 6.79. The Bertz CT molecular complexity index is 1080. The van der Waals surface area contributed by atoms with Gasteiger partial charge in [-0.25, -0.2) is 0 Å². The van der Waals surface area contributed by atoms with E-state index in [2.05, 4.69) is 10.6 Å². The molecule has 2 aromatic rings. The summed E-state index contributed by atoms with van der Waals surface area (Å²) in [6.45, 7) is 3.27. The number of hydrogen-bond acceptors (Lipinski definition) is 14. The summed E-state index contributed by atoms with van der Waals surface area (Å²) in [5.41, 5.74) is 2.10. The Morgan fingerprint density at radius 3 is 1.15 bits per heavy atom. The number of nitrogens with one attached hydrogen (secondary N) is 2. The quantitative estimate of drug-likeness (QED) is 0.217. The Kier molecular flexibility index (Phi) is 18.1. The molecule has 0 aliphatic carbocycles. The average Bonchev–Trinajstić information content (AvgIpc) is 3.17. The van der Waals surface area contributed by atoms with E-state index in [0.29, 0.717) is 52.2 Å². The van der Waals surface area contributed by atoms with Crippen molar-refractivity contribution in [3.8, 4) is 0 Å². The van der Waals surface area contributed by atoms with E-state index in [1.165, 1.54) is 0 Å². The van der Waals surface area contributed by atoms with Crippen LogP contribution in [0.5, 0.6) is 0 Å². The van der Waals surface area contributed by atoms with Gasteiger partial charge in [-0.3, -0.25) is 0 Å². The van der Waals surface area contributed by atoms with Gasteiger partial charge in [-0.05, 0) is 37.1 Å². The highest BCUT2D eigenvalue weighted by molar-refractivity contribution is 5.14. The molecule has 4 bridgehead atoms. The predicted octanol–water partition coefficient (Wildman–Crippen LogP) is 2.62. The molecule has 0 spiro atoms. The molecule has 2 N–H and O–H groups in total. The van der Waals surface area contributed by atoms with E-state index in [4.69, 9.17) is 56.8 Å². The van der Waals surface area contributed by atoms with Crippen molar-refractivity contribution in [2.45, 2.75) is 87.1 Å². The van der Waals surface area contributed by atoms with Crippen molar-refractivity contribution in [1.29, 1.82) is 0 Å². The minimum absolute atomic E-state index is 0.0748. The lowest BCUT2D eigenvalue weighted by molar-refractivity contribution is -0.285. The second-order valence-electron chi connectivity index (χ2n) is 13.1. The Morgan fingerprint density at radius 1 is 0.462 bits per heavy atom. The summed E-state index contributed by atoms with van der Waals surface area (Å²) in [5, 5.41) is 7.22. The number of methoxy groups -OCH3 is 4. The topological polar surface area (TPSA) is 135 Å². The Morgan fingerprint density at radius 2 is 0.808 bits per heavy atom. The first kappa shape index (κ1) is 41.1. The lowest BCUT2D eigenvalue weighted by atomic mass is 9.91. The van der Waals surface area contributed by atoms with E-state index in [0.717, 1.165) is 11.1 Å². The van der Waals surface area contributed by atoms with E-state index >= 15 is 0 Å². The van der Waals surface area contributed by atoms with Crippen LogP contribution >= 0.6 is 0 Å². The third-order valence-corrected chi connectivity index (χ3v) is 9.45. The van der Waals surface area contributed by atoms with Gasteiger partial charge in [0.15, 0.2) is 0 Å². The predicted molar refractivity (Wildman–Crippen MR) is 189 cm³/mol. The van der Waals surface area contributed by atoms with Crippen LogP contribution in [0, 0.1) is 0 Å². The minimum atomic E-state index is -0.488. The fourth-order valence-electron chi connectivity index (χ4n) is 7.06. The van der Waals surface area contributed by atoms with E-state index in [1.54, 1.807) is 28.4 Å². The van der Waals surface area contributed by atoms with Crippen LogP contribution in [-0.2, 0) is 70.1 Å². The van der Waals surface area contributed by atoms with Gasteiger partial charge in [0, 0.05) is 41.5 Å². The maximum atomic E-state index is 6.79. The second kappa shape index (κ2) is 22.9. The molecule has 292 valence electrons. The van der Waals surface area contributed by atoms with Gasteiger partial charge in [0.25, 0.3) is 0 Å². The first-order valence-corrected chi connectivity index (χ1v) is 18.1. The fourth-order valence-corrected chi connectivity index (χ4v) is 7.06. The number of hydrogen-bond donors (Lipinski definition) is 2. The Balaban J connectivity index is 1.38. The first-order valence-electron chi connectivity index (χ1n) is 18.1. The van der Waals surface area contributed by atoms with Gasteiger partial charge in [-0.1, -0.05) is 60.7 Å². The summed E-state index contributed by atoms with van der Waals surface area (Å²) in [7, 11) is 6.41. The highest BCUT2D eigenvalue weighted by Crippen LogP contribution is 2.33. The van der Waals surface area contributed by atoms with Crippen LogP contribution in [0.25, 0.3) is 0 Å². The SMILES string of the molecule is COCO[C@@H]1[C@@H](OCc2ccccc2)[C@H](OCOC)[C@H]2CNCC[C@H]3O[C@H](CNCC[C@H]1O2)[C@@H](OCOC)[C@H](OCc1ccccc1)[C@H]3OCOC. The van der Waals surface area contributed by atoms with Crippen LogP contribution in [-0.4, -0.2) is 143 Å². The summed E-state index contributed by atoms with van der Waals surface area (Å²) in [6.07, 6.45) is -2.97. The smallest absolute Gasteiger partial charge is 0.146 e. The highest BCUT2D eigenvalue weighted by Gasteiger charge is 2.50. The largest absolute Gasteiger partial charge is 0.368 e. The van der Waals surface area contributed by atoms with Gasteiger partial charge in [0.2, 0.25) is 0 Å². The molecule has 5 rings (SSSR count). The van der Waals surface area contributed by atoms with Crippen LogP contribution in [0.1, 0.15) is 24.0 Å². The van der Waals surface area contributed by atoms with Crippen LogP contribution < -0.4 is 10.6 Å². The summed E-state index contributed by atoms with van der Waals surface area (Å²) >= 11 is 0. The molecule has 0 amide bonds. The Labute approximate surface area is 307 Å². The van der Waals surface area contributed by atoms with E-state index < -0.39 is 36.6 Å². The molecule has 52 heavy (non-hydrogen) atoms. The molecule has 2 aromatic carbocycles. The second-order valence-corrected chi connectivity index (χ2v) is 13.1. The standard InChI is InChI=1S/C38H58N2O12/c1-41-23-47-33-29-15-17-39-20-32-36(50-26-44-4)38(46-22-28-13-9-6-10-14-28)34(48-24-42-2)30(52-32)16-18-40-19-31(51-29)35(49-25-43-3)37(33)45-21-27-11-7-5-8-12-27/h5-14,29-40H,15-26H2,1-4H3/t29-,30-,31-,32-,33+,34+,35-,36-,37-,38-/m1/s1. The van der Waals surface area contributed by atoms with Gasteiger partial charge < -0.3 is 67.5 Å². The van der Waals surface area contributed by atoms with Crippen LogP contribution in [0.2, 0.25) is 0 Å². The molecule has 3 aliphatic heterocycles. The van der Waals surface area contributed by atoms with Crippen molar-refractivity contribution in [3.05, 3.63) is 71.8 Å². The van der Waals surface area contributed by atoms with Crippen molar-refractivity contribution in [1.82, 2.24) is 10.6 Å². The molecule has 3 saturated heterocycles. The molecule has 3 heterocycles. The average molecular weight is 735 g/mol. The summed E-state index contributed by atoms with van der Waals surface area (Å²) in [6, 6.07) is 20.1. The molecule has 0 aromatic heterocycles. The maximum Gasteiger partial charge on any atom is 0.146 e. The van der Waals surface area contributed by atoms with Crippen molar-refractivity contribution >= 4 is 0 Å². The van der Waals surface area contributed by atoms with Crippen molar-refractivity contribution in [3.63, 3.8) is 0 Å². The number of rotatable bonds is 18. The molecule has 3 aliphatic rings. The molecule has 14 nitrogen and oxygen atoms in total. The molecule has 10 atom stereocenters. The zero-order valence-corrected chi connectivity index (χ0v) is 30.9. The minimum Gasteiger partial charge on any atom is -0.368 e. The highest BCUT2D eigenvalue weighted by atomic mass is 16.7. The fraction of sp³-hybridized carbons (Fsp3) is 0.684. The summed E-state index contributed by atoms with van der Waals surface area (Å²) in [5.74, 6) is 0. The summed E-state index contributed by atoms with van der Waals surface area (Å²) < 4.78 is 73.5. The first-order chi connectivity index (χ1) is 25.7. The molecule has 0 saturated carbocycles. The Hall–Kier alpha value is -2.12. The van der Waals surface area contributed by atoms with Gasteiger partial charge >= 0.3 is 0 Å². The van der Waals surface area contributed by atoms with E-state index in [-0.39, 0.29) is 51.6 Å². The van der Waals surface area contributed by atoms with E-state index in [9.17, 15) is 0 Å². The van der Waals surface area contributed by atoms with Gasteiger partial charge in [0.1, 0.15) is 63.8 Å². The molecule has 3 fully saturated rings. The number of ether oxygens (including phenoxy) is 12. The lowest BCUT2D eigenvalue weighted by Gasteiger charge is -2.47. The van der Waals surface area contributed by atoms with Crippen LogP contribution in [0.15, 0.2) is 60.7 Å². The van der Waals surface area contributed by atoms with Crippen molar-refractivity contribution in [2.24, 2.45) is 0 Å². The third-order valence-electron chi connectivity index (χ3n) is 9.45. The molecule has 14 heteroatoms. The van der Waals surface area contributed by atoms with E-state index in [1.807, 2.05) is 60.7 Å². The number of fused-ring (bicyclic) bond motifs is 4. The van der Waals surface area contributed by atoms with Crippen LogP contribution in [0.3, 0.4) is 0 Å².